The minimum Gasteiger partial charge on any atom is -0.459 e. The van der Waals surface area contributed by atoms with E-state index < -0.39 is 11.9 Å². The van der Waals surface area contributed by atoms with Crippen LogP contribution in [-0.4, -0.2) is 35.8 Å². The van der Waals surface area contributed by atoms with Crippen molar-refractivity contribution in [1.29, 1.82) is 0 Å². The smallest absolute Gasteiger partial charge is 0.287 e. The molecule has 1 saturated heterocycles. The van der Waals surface area contributed by atoms with E-state index in [-0.39, 0.29) is 11.7 Å². The molecule has 0 radical (unpaired) electrons. The number of furan rings is 1. The third-order valence-corrected chi connectivity index (χ3v) is 5.33. The summed E-state index contributed by atoms with van der Waals surface area (Å²) in [5.74, 6) is 1.07. The SMILES string of the molecule is C[C@@H]1C[C@H](C)CN(Cc2ccc(CNC(=O)[C@H](C)NC(=O)c3ccco3)cc2)C1. The topological polar surface area (TPSA) is 74.6 Å². The largest absolute Gasteiger partial charge is 0.459 e. The zero-order valence-electron chi connectivity index (χ0n) is 17.5. The van der Waals surface area contributed by atoms with Crippen LogP contribution in [0.3, 0.4) is 0 Å². The number of carbonyl (C=O) groups excluding carboxylic acids is 2. The summed E-state index contributed by atoms with van der Waals surface area (Å²) in [5, 5.41) is 5.50. The van der Waals surface area contributed by atoms with Gasteiger partial charge in [-0.05, 0) is 48.4 Å². The van der Waals surface area contributed by atoms with Crippen molar-refractivity contribution in [2.75, 3.05) is 13.1 Å². The Bertz CT molecular complexity index is 791. The molecular formula is C23H31N3O3. The molecule has 156 valence electrons. The van der Waals surface area contributed by atoms with E-state index >= 15 is 0 Å². The molecule has 0 unspecified atom stereocenters. The van der Waals surface area contributed by atoms with E-state index in [0.29, 0.717) is 6.54 Å². The first kappa shape index (κ1) is 21.1. The minimum absolute atomic E-state index is 0.192. The number of hydrogen-bond donors (Lipinski definition) is 2. The zero-order valence-corrected chi connectivity index (χ0v) is 17.5. The van der Waals surface area contributed by atoms with Gasteiger partial charge in [0.1, 0.15) is 6.04 Å². The van der Waals surface area contributed by atoms with Crippen LogP contribution in [0.4, 0.5) is 0 Å². The van der Waals surface area contributed by atoms with Gasteiger partial charge in [-0.15, -0.1) is 0 Å². The van der Waals surface area contributed by atoms with Crippen molar-refractivity contribution in [3.8, 4) is 0 Å². The van der Waals surface area contributed by atoms with E-state index in [1.807, 2.05) is 0 Å². The average molecular weight is 398 g/mol. The van der Waals surface area contributed by atoms with Crippen LogP contribution in [0.25, 0.3) is 0 Å². The molecular weight excluding hydrogens is 366 g/mol. The van der Waals surface area contributed by atoms with E-state index in [1.54, 1.807) is 19.1 Å². The number of benzene rings is 1. The summed E-state index contributed by atoms with van der Waals surface area (Å²) < 4.78 is 5.04. The number of carbonyl (C=O) groups is 2. The molecule has 1 fully saturated rings. The fraction of sp³-hybridized carbons (Fsp3) is 0.478. The first-order valence-electron chi connectivity index (χ1n) is 10.3. The van der Waals surface area contributed by atoms with Crippen molar-refractivity contribution in [3.05, 3.63) is 59.5 Å². The molecule has 2 aromatic rings. The zero-order chi connectivity index (χ0) is 20.8. The van der Waals surface area contributed by atoms with Gasteiger partial charge in [0.15, 0.2) is 5.76 Å². The van der Waals surface area contributed by atoms with Crippen molar-refractivity contribution in [2.45, 2.75) is 46.3 Å². The molecule has 0 spiro atoms. The van der Waals surface area contributed by atoms with Crippen molar-refractivity contribution >= 4 is 11.8 Å². The van der Waals surface area contributed by atoms with Crippen LogP contribution >= 0.6 is 0 Å². The van der Waals surface area contributed by atoms with Gasteiger partial charge in [-0.3, -0.25) is 14.5 Å². The Hall–Kier alpha value is -2.60. The van der Waals surface area contributed by atoms with Gasteiger partial charge in [-0.1, -0.05) is 38.1 Å². The number of amides is 2. The van der Waals surface area contributed by atoms with Crippen LogP contribution < -0.4 is 10.6 Å². The van der Waals surface area contributed by atoms with Crippen LogP contribution in [0.5, 0.6) is 0 Å². The molecule has 3 atom stereocenters. The lowest BCUT2D eigenvalue weighted by Crippen LogP contribution is -2.44. The maximum Gasteiger partial charge on any atom is 0.287 e. The highest BCUT2D eigenvalue weighted by atomic mass is 16.3. The minimum atomic E-state index is -0.644. The second-order valence-corrected chi connectivity index (χ2v) is 8.35. The Morgan fingerprint density at radius 1 is 1.10 bits per heavy atom. The average Bonchev–Trinajstić information content (AvgIpc) is 3.21. The fourth-order valence-electron chi connectivity index (χ4n) is 4.03. The van der Waals surface area contributed by atoms with Gasteiger partial charge in [0.25, 0.3) is 5.91 Å². The summed E-state index contributed by atoms with van der Waals surface area (Å²) >= 11 is 0. The van der Waals surface area contributed by atoms with Gasteiger partial charge in [0.2, 0.25) is 5.91 Å². The van der Waals surface area contributed by atoms with Crippen LogP contribution in [0.2, 0.25) is 0 Å². The number of nitrogens with one attached hydrogen (secondary N) is 2. The standard InChI is InChI=1S/C23H31N3O3/c1-16-11-17(2)14-26(13-16)15-20-8-6-19(7-9-20)12-24-22(27)18(3)25-23(28)21-5-4-10-29-21/h4-10,16-18H,11-15H2,1-3H3,(H,24,27)(H,25,28)/t16-,17+,18-/m0/s1. The molecule has 2 N–H and O–H groups in total. The van der Waals surface area contributed by atoms with E-state index in [4.69, 9.17) is 4.42 Å². The molecule has 1 aromatic carbocycles. The molecule has 0 saturated carbocycles. The Labute approximate surface area is 172 Å². The summed E-state index contributed by atoms with van der Waals surface area (Å²) in [6.45, 7) is 10.0. The van der Waals surface area contributed by atoms with Crippen molar-refractivity contribution < 1.29 is 14.0 Å². The molecule has 6 heteroatoms. The van der Waals surface area contributed by atoms with Crippen LogP contribution in [0, 0.1) is 11.8 Å². The lowest BCUT2D eigenvalue weighted by molar-refractivity contribution is -0.122. The quantitative estimate of drug-likeness (QED) is 0.752. The highest BCUT2D eigenvalue weighted by Crippen LogP contribution is 2.22. The van der Waals surface area contributed by atoms with Crippen LogP contribution in [-0.2, 0) is 17.9 Å². The Morgan fingerprint density at radius 2 is 1.76 bits per heavy atom. The Kier molecular flexibility index (Phi) is 7.09. The first-order valence-corrected chi connectivity index (χ1v) is 10.3. The molecule has 0 aliphatic carbocycles. The summed E-state index contributed by atoms with van der Waals surface area (Å²) in [6.07, 6.45) is 2.74. The lowest BCUT2D eigenvalue weighted by Gasteiger charge is -2.35. The highest BCUT2D eigenvalue weighted by molar-refractivity contribution is 5.95. The normalized spacial score (nSPS) is 20.8. The van der Waals surface area contributed by atoms with Crippen LogP contribution in [0.15, 0.2) is 47.1 Å². The monoisotopic (exact) mass is 397 g/mol. The van der Waals surface area contributed by atoms with Crippen molar-refractivity contribution in [3.63, 3.8) is 0 Å². The molecule has 1 aliphatic rings. The molecule has 6 nitrogen and oxygen atoms in total. The second kappa shape index (κ2) is 9.74. The number of likely N-dealkylation sites (tertiary alicyclic amines) is 1. The summed E-state index contributed by atoms with van der Waals surface area (Å²) in [5.41, 5.74) is 2.33. The van der Waals surface area contributed by atoms with E-state index in [9.17, 15) is 9.59 Å². The van der Waals surface area contributed by atoms with Gasteiger partial charge in [0.05, 0.1) is 6.26 Å². The van der Waals surface area contributed by atoms with E-state index in [0.717, 1.165) is 37.0 Å². The molecule has 2 amide bonds. The molecule has 0 bridgehead atoms. The molecule has 3 rings (SSSR count). The van der Waals surface area contributed by atoms with Gasteiger partial charge in [-0.2, -0.15) is 0 Å². The second-order valence-electron chi connectivity index (χ2n) is 8.35. The van der Waals surface area contributed by atoms with E-state index in [2.05, 4.69) is 53.6 Å². The number of nitrogens with zero attached hydrogens (tertiary/aromatic N) is 1. The Morgan fingerprint density at radius 3 is 2.38 bits per heavy atom. The van der Waals surface area contributed by atoms with Gasteiger partial charge in [0, 0.05) is 26.2 Å². The number of hydrogen-bond acceptors (Lipinski definition) is 4. The van der Waals surface area contributed by atoms with Gasteiger partial charge in [-0.25, -0.2) is 0 Å². The first-order chi connectivity index (χ1) is 13.9. The third kappa shape index (κ3) is 6.19. The predicted molar refractivity (Wildman–Crippen MR) is 112 cm³/mol. The maximum atomic E-state index is 12.2. The van der Waals surface area contributed by atoms with Gasteiger partial charge >= 0.3 is 0 Å². The maximum absolute atomic E-state index is 12.2. The van der Waals surface area contributed by atoms with Crippen molar-refractivity contribution in [1.82, 2.24) is 15.5 Å². The number of rotatable bonds is 7. The Balaban J connectivity index is 1.44. The molecule has 1 aromatic heterocycles. The molecule has 2 heterocycles. The predicted octanol–water partition coefficient (Wildman–Crippen LogP) is 3.19. The van der Waals surface area contributed by atoms with Gasteiger partial charge < -0.3 is 15.1 Å². The highest BCUT2D eigenvalue weighted by Gasteiger charge is 2.21. The third-order valence-electron chi connectivity index (χ3n) is 5.33. The molecule has 29 heavy (non-hydrogen) atoms. The molecule has 1 aliphatic heterocycles. The van der Waals surface area contributed by atoms with E-state index in [1.165, 1.54) is 18.2 Å². The van der Waals surface area contributed by atoms with Crippen molar-refractivity contribution in [2.24, 2.45) is 11.8 Å². The summed E-state index contributed by atoms with van der Waals surface area (Å²) in [7, 11) is 0. The fourth-order valence-corrected chi connectivity index (χ4v) is 4.03. The summed E-state index contributed by atoms with van der Waals surface area (Å²) in [6, 6.07) is 10.9. The van der Waals surface area contributed by atoms with Crippen LogP contribution in [0.1, 0.15) is 48.9 Å². The number of piperidine rings is 1. The summed E-state index contributed by atoms with van der Waals surface area (Å²) in [4.78, 5) is 26.7. The lowest BCUT2D eigenvalue weighted by atomic mass is 9.91.